The molecular formula is C15H11N3O5S2. The van der Waals surface area contributed by atoms with Crippen molar-refractivity contribution in [2.24, 2.45) is 10.7 Å². The highest BCUT2D eigenvalue weighted by Crippen LogP contribution is 2.28. The van der Waals surface area contributed by atoms with Gasteiger partial charge in [-0.15, -0.1) is 0 Å². The van der Waals surface area contributed by atoms with Gasteiger partial charge in [0.1, 0.15) is 16.8 Å². The number of aliphatic imine (C=N–C) groups is 1. The molecule has 3 amide bonds. The van der Waals surface area contributed by atoms with Gasteiger partial charge in [0.05, 0.1) is 11.3 Å². The zero-order valence-electron chi connectivity index (χ0n) is 12.6. The SMILES string of the molecule is NC1=NC(=O)S/C1=C\c1cccc(OC(=O)CC2SC(=O)NC2=O)c1. The number of amides is 3. The quantitative estimate of drug-likeness (QED) is 0.601. The Morgan fingerprint density at radius 3 is 2.80 bits per heavy atom. The zero-order valence-corrected chi connectivity index (χ0v) is 14.2. The molecule has 0 radical (unpaired) electrons. The molecule has 1 aromatic carbocycles. The molecule has 1 saturated heterocycles. The number of carbonyl (C=O) groups excluding carboxylic acids is 4. The average Bonchev–Trinajstić information content (AvgIpc) is 3.00. The number of amidine groups is 1. The van der Waals surface area contributed by atoms with Crippen LogP contribution in [0.3, 0.4) is 0 Å². The Morgan fingerprint density at radius 2 is 2.16 bits per heavy atom. The number of benzene rings is 1. The topological polar surface area (TPSA) is 128 Å². The second kappa shape index (κ2) is 7.11. The summed E-state index contributed by atoms with van der Waals surface area (Å²) in [5.74, 6) is -0.702. The molecule has 0 saturated carbocycles. The van der Waals surface area contributed by atoms with Gasteiger partial charge in [0.2, 0.25) is 5.91 Å². The van der Waals surface area contributed by atoms with Gasteiger partial charge in [0.15, 0.2) is 0 Å². The Kier molecular flexibility index (Phi) is 4.91. The fourth-order valence-corrected chi connectivity index (χ4v) is 3.58. The van der Waals surface area contributed by atoms with Gasteiger partial charge >= 0.3 is 11.2 Å². The van der Waals surface area contributed by atoms with E-state index in [-0.39, 0.29) is 23.2 Å². The van der Waals surface area contributed by atoms with Crippen molar-refractivity contribution in [3.8, 4) is 5.75 Å². The maximum Gasteiger partial charge on any atom is 0.312 e. The van der Waals surface area contributed by atoms with Crippen LogP contribution in [0, 0.1) is 0 Å². The number of ether oxygens (including phenoxy) is 1. The van der Waals surface area contributed by atoms with Crippen LogP contribution in [-0.4, -0.2) is 33.4 Å². The summed E-state index contributed by atoms with van der Waals surface area (Å²) in [4.78, 5) is 49.8. The molecule has 0 aliphatic carbocycles. The number of imide groups is 1. The second-order valence-corrected chi connectivity index (χ2v) is 7.18. The van der Waals surface area contributed by atoms with Gasteiger partial charge in [-0.25, -0.2) is 0 Å². The van der Waals surface area contributed by atoms with E-state index < -0.39 is 22.4 Å². The van der Waals surface area contributed by atoms with Crippen LogP contribution < -0.4 is 15.8 Å². The number of carbonyl (C=O) groups is 4. The van der Waals surface area contributed by atoms with Crippen molar-refractivity contribution in [1.82, 2.24) is 5.32 Å². The van der Waals surface area contributed by atoms with E-state index in [1.807, 2.05) is 0 Å². The number of thioether (sulfide) groups is 2. The monoisotopic (exact) mass is 377 g/mol. The predicted octanol–water partition coefficient (Wildman–Crippen LogP) is 1.90. The molecule has 3 N–H and O–H groups in total. The van der Waals surface area contributed by atoms with Gasteiger partial charge in [-0.1, -0.05) is 23.9 Å². The van der Waals surface area contributed by atoms with Crippen LogP contribution in [0.15, 0.2) is 34.2 Å². The lowest BCUT2D eigenvalue weighted by atomic mass is 10.2. The van der Waals surface area contributed by atoms with Crippen LogP contribution in [0.5, 0.6) is 5.75 Å². The first-order valence-corrected chi connectivity index (χ1v) is 8.70. The van der Waals surface area contributed by atoms with E-state index >= 15 is 0 Å². The first kappa shape index (κ1) is 17.2. The summed E-state index contributed by atoms with van der Waals surface area (Å²) in [7, 11) is 0. The van der Waals surface area contributed by atoms with Crippen LogP contribution >= 0.6 is 23.5 Å². The molecule has 0 aromatic heterocycles. The summed E-state index contributed by atoms with van der Waals surface area (Å²) in [6.07, 6.45) is 1.45. The van der Waals surface area contributed by atoms with E-state index in [1.165, 1.54) is 0 Å². The lowest BCUT2D eigenvalue weighted by Crippen LogP contribution is -2.27. The molecule has 1 atom stereocenters. The minimum Gasteiger partial charge on any atom is -0.426 e. The number of nitrogens with two attached hydrogens (primary N) is 1. The third-order valence-electron chi connectivity index (χ3n) is 3.17. The Hall–Kier alpha value is -2.59. The van der Waals surface area contributed by atoms with Crippen molar-refractivity contribution in [2.45, 2.75) is 11.7 Å². The van der Waals surface area contributed by atoms with Crippen LogP contribution in [0.25, 0.3) is 6.08 Å². The van der Waals surface area contributed by atoms with Crippen LogP contribution in [0.4, 0.5) is 9.59 Å². The van der Waals surface area contributed by atoms with E-state index in [0.717, 1.165) is 23.5 Å². The highest BCUT2D eigenvalue weighted by Gasteiger charge is 2.33. The standard InChI is InChI=1S/C15H11N3O5S2/c16-12-9(24-14(21)17-12)5-7-2-1-3-8(4-7)23-11(19)6-10-13(20)18-15(22)25-10/h1-5,10H,6H2,(H2,16,17,21)(H,18,20,22)/b9-5-. The smallest absolute Gasteiger partial charge is 0.312 e. The van der Waals surface area contributed by atoms with Crippen LogP contribution in [0.1, 0.15) is 12.0 Å². The van der Waals surface area contributed by atoms with Crippen molar-refractivity contribution in [3.05, 3.63) is 34.7 Å². The third kappa shape index (κ3) is 4.28. The summed E-state index contributed by atoms with van der Waals surface area (Å²) in [6, 6.07) is 6.59. The van der Waals surface area contributed by atoms with Gasteiger partial charge in [-0.3, -0.25) is 24.5 Å². The van der Waals surface area contributed by atoms with Crippen molar-refractivity contribution in [3.63, 3.8) is 0 Å². The lowest BCUT2D eigenvalue weighted by Gasteiger charge is -2.07. The van der Waals surface area contributed by atoms with Gasteiger partial charge < -0.3 is 10.5 Å². The molecular weight excluding hydrogens is 366 g/mol. The van der Waals surface area contributed by atoms with E-state index in [1.54, 1.807) is 30.3 Å². The molecule has 2 aliphatic heterocycles. The molecule has 3 rings (SSSR count). The fraction of sp³-hybridized carbons (Fsp3) is 0.133. The summed E-state index contributed by atoms with van der Waals surface area (Å²) in [5, 5.41) is 0.480. The summed E-state index contributed by atoms with van der Waals surface area (Å²) < 4.78 is 5.20. The Labute approximate surface area is 150 Å². The Bertz CT molecular complexity index is 849. The fourth-order valence-electron chi connectivity index (χ4n) is 2.10. The number of hydrogen-bond donors (Lipinski definition) is 2. The number of esters is 1. The average molecular weight is 377 g/mol. The van der Waals surface area contributed by atoms with Gasteiger partial charge in [-0.2, -0.15) is 4.99 Å². The molecule has 1 fully saturated rings. The highest BCUT2D eigenvalue weighted by molar-refractivity contribution is 8.18. The second-order valence-electron chi connectivity index (χ2n) is 5.01. The highest BCUT2D eigenvalue weighted by atomic mass is 32.2. The van der Waals surface area contributed by atoms with E-state index in [0.29, 0.717) is 10.5 Å². The van der Waals surface area contributed by atoms with Gasteiger partial charge in [-0.05, 0) is 35.5 Å². The lowest BCUT2D eigenvalue weighted by molar-refractivity contribution is -0.135. The van der Waals surface area contributed by atoms with Crippen LogP contribution in [-0.2, 0) is 9.59 Å². The molecule has 0 bridgehead atoms. The van der Waals surface area contributed by atoms with E-state index in [4.69, 9.17) is 10.5 Å². The minimum atomic E-state index is -0.776. The summed E-state index contributed by atoms with van der Waals surface area (Å²) in [5.41, 5.74) is 6.31. The molecule has 2 aliphatic rings. The van der Waals surface area contributed by atoms with Crippen molar-refractivity contribution >= 4 is 57.8 Å². The summed E-state index contributed by atoms with van der Waals surface area (Å²) >= 11 is 1.68. The molecule has 1 unspecified atom stereocenters. The largest absolute Gasteiger partial charge is 0.426 e. The molecule has 8 nitrogen and oxygen atoms in total. The number of nitrogens with zero attached hydrogens (tertiary/aromatic N) is 1. The zero-order chi connectivity index (χ0) is 18.0. The molecule has 25 heavy (non-hydrogen) atoms. The van der Waals surface area contributed by atoms with E-state index in [9.17, 15) is 19.2 Å². The normalized spacial score (nSPS) is 21.4. The van der Waals surface area contributed by atoms with Gasteiger partial charge in [0.25, 0.3) is 5.24 Å². The molecule has 128 valence electrons. The van der Waals surface area contributed by atoms with Crippen molar-refractivity contribution in [2.75, 3.05) is 0 Å². The number of hydrogen-bond acceptors (Lipinski definition) is 8. The molecule has 1 aromatic rings. The van der Waals surface area contributed by atoms with Gasteiger partial charge in [0, 0.05) is 0 Å². The maximum atomic E-state index is 11.9. The maximum absolute atomic E-state index is 11.9. The minimum absolute atomic E-state index is 0.145. The molecule has 2 heterocycles. The van der Waals surface area contributed by atoms with Crippen molar-refractivity contribution < 1.29 is 23.9 Å². The van der Waals surface area contributed by atoms with E-state index in [2.05, 4.69) is 10.3 Å². The third-order valence-corrected chi connectivity index (χ3v) is 4.96. The predicted molar refractivity (Wildman–Crippen MR) is 94.2 cm³/mol. The van der Waals surface area contributed by atoms with Crippen LogP contribution in [0.2, 0.25) is 0 Å². The molecule has 10 heteroatoms. The first-order valence-electron chi connectivity index (χ1n) is 7.01. The number of nitrogens with one attached hydrogen (secondary N) is 1. The number of rotatable bonds is 4. The first-order chi connectivity index (χ1) is 11.9. The Morgan fingerprint density at radius 1 is 1.36 bits per heavy atom. The van der Waals surface area contributed by atoms with Crippen molar-refractivity contribution in [1.29, 1.82) is 0 Å². The summed E-state index contributed by atoms with van der Waals surface area (Å²) in [6.45, 7) is 0. The Balaban J connectivity index is 1.66. The molecule has 0 spiro atoms.